The predicted molar refractivity (Wildman–Crippen MR) is 129 cm³/mol. The number of nitrogens with zero attached hydrogens (tertiary/aromatic N) is 1. The zero-order chi connectivity index (χ0) is 21.5. The van der Waals surface area contributed by atoms with E-state index in [1.165, 1.54) is 31.0 Å². The molecular formula is C24H24ClNO3S2. The van der Waals surface area contributed by atoms with E-state index < -0.39 is 0 Å². The third kappa shape index (κ3) is 4.11. The highest BCUT2D eigenvalue weighted by Crippen LogP contribution is 2.49. The number of hydrogen-bond donors (Lipinski definition) is 1. The molecule has 162 valence electrons. The van der Waals surface area contributed by atoms with Crippen molar-refractivity contribution in [2.75, 3.05) is 6.61 Å². The summed E-state index contributed by atoms with van der Waals surface area (Å²) in [5, 5.41) is 9.97. The van der Waals surface area contributed by atoms with Crippen LogP contribution in [0.4, 0.5) is 0 Å². The number of thioether (sulfide) groups is 1. The van der Waals surface area contributed by atoms with Crippen LogP contribution >= 0.6 is 35.6 Å². The topological polar surface area (TPSA) is 53.7 Å². The zero-order valence-electron chi connectivity index (χ0n) is 17.1. The summed E-state index contributed by atoms with van der Waals surface area (Å²) in [6.45, 7) is 0.104. The van der Waals surface area contributed by atoms with Crippen molar-refractivity contribution in [3.05, 3.63) is 51.6 Å². The Kier molecular flexibility index (Phi) is 5.99. The maximum Gasteiger partial charge on any atom is 0.266 e. The van der Waals surface area contributed by atoms with E-state index in [9.17, 15) is 9.90 Å². The average Bonchev–Trinajstić information content (AvgIpc) is 3.52. The molecule has 2 heterocycles. The molecule has 1 aromatic heterocycles. The maximum absolute atomic E-state index is 13.3. The number of amides is 1. The van der Waals surface area contributed by atoms with Crippen LogP contribution in [-0.4, -0.2) is 32.9 Å². The SMILES string of the molecule is O=C1/C(=C\c2oc(-c3ccc(Cl)cc3)cc2CCCO)SC(=S)N1C1CC2CCC1C2. The van der Waals surface area contributed by atoms with Crippen LogP contribution in [0.3, 0.4) is 0 Å². The van der Waals surface area contributed by atoms with Gasteiger partial charge >= 0.3 is 0 Å². The summed E-state index contributed by atoms with van der Waals surface area (Å²) in [7, 11) is 0. The Labute approximate surface area is 196 Å². The molecule has 1 N–H and O–H groups in total. The quantitative estimate of drug-likeness (QED) is 0.417. The minimum absolute atomic E-state index is 0.00472. The van der Waals surface area contributed by atoms with E-state index in [4.69, 9.17) is 28.2 Å². The molecule has 7 heteroatoms. The highest BCUT2D eigenvalue weighted by molar-refractivity contribution is 8.26. The molecule has 2 aromatic rings. The summed E-state index contributed by atoms with van der Waals surface area (Å²) >= 11 is 13.0. The van der Waals surface area contributed by atoms with Gasteiger partial charge in [-0.25, -0.2) is 0 Å². The molecular weight excluding hydrogens is 450 g/mol. The molecule has 2 bridgehead atoms. The van der Waals surface area contributed by atoms with E-state index >= 15 is 0 Å². The molecule has 1 aliphatic heterocycles. The second kappa shape index (κ2) is 8.74. The molecule has 4 nitrogen and oxygen atoms in total. The van der Waals surface area contributed by atoms with Crippen molar-refractivity contribution in [2.24, 2.45) is 11.8 Å². The molecule has 2 aliphatic carbocycles. The number of carbonyl (C=O) groups is 1. The van der Waals surface area contributed by atoms with Crippen molar-refractivity contribution >= 4 is 51.9 Å². The predicted octanol–water partition coefficient (Wildman–Crippen LogP) is 5.91. The number of aryl methyl sites for hydroxylation is 1. The number of carbonyl (C=O) groups excluding carboxylic acids is 1. The van der Waals surface area contributed by atoms with E-state index in [-0.39, 0.29) is 18.6 Å². The monoisotopic (exact) mass is 473 g/mol. The van der Waals surface area contributed by atoms with E-state index in [1.54, 1.807) is 0 Å². The first-order chi connectivity index (χ1) is 15.0. The first-order valence-corrected chi connectivity index (χ1v) is 12.4. The van der Waals surface area contributed by atoms with Crippen LogP contribution < -0.4 is 0 Å². The largest absolute Gasteiger partial charge is 0.456 e. The van der Waals surface area contributed by atoms with Crippen LogP contribution in [0.15, 0.2) is 39.7 Å². The van der Waals surface area contributed by atoms with E-state index in [0.29, 0.717) is 38.8 Å². The third-order valence-corrected chi connectivity index (χ3v) is 8.28. The Morgan fingerprint density at radius 1 is 1.26 bits per heavy atom. The Balaban J connectivity index is 1.44. The second-order valence-corrected chi connectivity index (χ2v) is 10.7. The van der Waals surface area contributed by atoms with Gasteiger partial charge in [0, 0.05) is 29.3 Å². The third-order valence-electron chi connectivity index (χ3n) is 6.69. The van der Waals surface area contributed by atoms with Crippen LogP contribution in [0.1, 0.15) is 43.4 Å². The van der Waals surface area contributed by atoms with Gasteiger partial charge in [0.1, 0.15) is 15.8 Å². The number of rotatable bonds is 6. The lowest BCUT2D eigenvalue weighted by Crippen LogP contribution is -2.41. The van der Waals surface area contributed by atoms with E-state index in [0.717, 1.165) is 29.2 Å². The Morgan fingerprint density at radius 2 is 2.06 bits per heavy atom. The highest BCUT2D eigenvalue weighted by atomic mass is 35.5. The van der Waals surface area contributed by atoms with Crippen molar-refractivity contribution in [1.82, 2.24) is 4.90 Å². The first kappa shape index (κ1) is 21.3. The Hall–Kier alpha value is -1.60. The van der Waals surface area contributed by atoms with Gasteiger partial charge < -0.3 is 9.52 Å². The van der Waals surface area contributed by atoms with Gasteiger partial charge in [0.15, 0.2) is 0 Å². The standard InChI is InChI=1S/C24H24ClNO3S2/c25-18-7-5-15(6-8-18)20-12-17(2-1-9-27)21(29-20)13-22-23(28)26(24(30)31-22)19-11-14-3-4-16(19)10-14/h5-8,12-14,16,19,27H,1-4,9-11H2/b22-13+. The number of fused-ring (bicyclic) bond motifs is 2. The molecule has 3 atom stereocenters. The fraction of sp³-hybridized carbons (Fsp3) is 0.417. The lowest BCUT2D eigenvalue weighted by atomic mass is 9.94. The molecule has 3 fully saturated rings. The minimum Gasteiger partial charge on any atom is -0.456 e. The highest BCUT2D eigenvalue weighted by Gasteiger charge is 2.48. The Morgan fingerprint density at radius 3 is 2.74 bits per heavy atom. The summed E-state index contributed by atoms with van der Waals surface area (Å²) in [6.07, 6.45) is 7.94. The smallest absolute Gasteiger partial charge is 0.266 e. The van der Waals surface area contributed by atoms with E-state index in [2.05, 4.69) is 0 Å². The fourth-order valence-corrected chi connectivity index (χ4v) is 6.67. The van der Waals surface area contributed by atoms with Gasteiger partial charge in [-0.3, -0.25) is 9.69 Å². The molecule has 31 heavy (non-hydrogen) atoms. The fourth-order valence-electron chi connectivity index (χ4n) is 5.20. The summed E-state index contributed by atoms with van der Waals surface area (Å²) in [6, 6.07) is 9.72. The van der Waals surface area contributed by atoms with Gasteiger partial charge in [-0.05, 0) is 79.8 Å². The molecule has 2 saturated carbocycles. The number of aliphatic hydroxyl groups excluding tert-OH is 1. The summed E-state index contributed by atoms with van der Waals surface area (Å²) < 4.78 is 6.83. The lowest BCUT2D eigenvalue weighted by molar-refractivity contribution is -0.124. The van der Waals surface area contributed by atoms with Crippen molar-refractivity contribution < 1.29 is 14.3 Å². The number of thiocarbonyl (C=S) groups is 1. The number of aliphatic hydroxyl groups is 1. The summed E-state index contributed by atoms with van der Waals surface area (Å²) in [5.74, 6) is 2.73. The molecule has 1 amide bonds. The van der Waals surface area contributed by atoms with Crippen molar-refractivity contribution in [2.45, 2.75) is 44.6 Å². The number of halogens is 1. The second-order valence-electron chi connectivity index (χ2n) is 8.63. The molecule has 1 aromatic carbocycles. The average molecular weight is 474 g/mol. The zero-order valence-corrected chi connectivity index (χ0v) is 19.4. The number of hydrogen-bond acceptors (Lipinski definition) is 5. The van der Waals surface area contributed by atoms with Crippen LogP contribution in [-0.2, 0) is 11.2 Å². The normalized spacial score (nSPS) is 26.6. The van der Waals surface area contributed by atoms with Crippen LogP contribution in [0.5, 0.6) is 0 Å². The van der Waals surface area contributed by atoms with Crippen molar-refractivity contribution in [3.8, 4) is 11.3 Å². The van der Waals surface area contributed by atoms with Gasteiger partial charge in [0.05, 0.1) is 4.91 Å². The van der Waals surface area contributed by atoms with Gasteiger partial charge in [-0.15, -0.1) is 0 Å². The molecule has 3 aliphatic rings. The number of benzene rings is 1. The van der Waals surface area contributed by atoms with Gasteiger partial charge in [-0.1, -0.05) is 42.0 Å². The maximum atomic E-state index is 13.3. The van der Waals surface area contributed by atoms with Crippen LogP contribution in [0, 0.1) is 11.8 Å². The minimum atomic E-state index is 0.00472. The van der Waals surface area contributed by atoms with Crippen LogP contribution in [0.2, 0.25) is 5.02 Å². The molecule has 3 unspecified atom stereocenters. The van der Waals surface area contributed by atoms with Crippen molar-refractivity contribution in [1.29, 1.82) is 0 Å². The summed E-state index contributed by atoms with van der Waals surface area (Å²) in [5.41, 5.74) is 1.90. The molecule has 1 saturated heterocycles. The lowest BCUT2D eigenvalue weighted by Gasteiger charge is -2.30. The molecule has 0 radical (unpaired) electrons. The Bertz CT molecular complexity index is 1050. The molecule has 5 rings (SSSR count). The van der Waals surface area contributed by atoms with Gasteiger partial charge in [0.2, 0.25) is 0 Å². The summed E-state index contributed by atoms with van der Waals surface area (Å²) in [4.78, 5) is 15.8. The number of furan rings is 1. The van der Waals surface area contributed by atoms with Gasteiger partial charge in [-0.2, -0.15) is 0 Å². The van der Waals surface area contributed by atoms with Crippen LogP contribution in [0.25, 0.3) is 17.4 Å². The van der Waals surface area contributed by atoms with Crippen molar-refractivity contribution in [3.63, 3.8) is 0 Å². The van der Waals surface area contributed by atoms with E-state index in [1.807, 2.05) is 41.3 Å². The van der Waals surface area contributed by atoms with Gasteiger partial charge in [0.25, 0.3) is 5.91 Å². The first-order valence-electron chi connectivity index (χ1n) is 10.8. The molecule has 0 spiro atoms.